The van der Waals surface area contributed by atoms with Crippen molar-refractivity contribution in [3.05, 3.63) is 73.2 Å². The zero-order valence-electron chi connectivity index (χ0n) is 19.5. The van der Waals surface area contributed by atoms with Gasteiger partial charge in [-0.1, -0.05) is 36.4 Å². The van der Waals surface area contributed by atoms with Gasteiger partial charge in [0.1, 0.15) is 17.9 Å². The van der Waals surface area contributed by atoms with Crippen molar-refractivity contribution in [2.24, 2.45) is 0 Å². The first kappa shape index (κ1) is 22.1. The molecular formula is C27H23N5O3. The molecule has 0 saturated carbocycles. The van der Waals surface area contributed by atoms with Crippen LogP contribution in [0, 0.1) is 0 Å². The van der Waals surface area contributed by atoms with Gasteiger partial charge in [-0.2, -0.15) is 0 Å². The third-order valence-electron chi connectivity index (χ3n) is 5.76. The summed E-state index contributed by atoms with van der Waals surface area (Å²) in [6.07, 6.45) is 3.08. The predicted molar refractivity (Wildman–Crippen MR) is 136 cm³/mol. The molecule has 0 fully saturated rings. The number of hydrogen-bond donors (Lipinski definition) is 1. The Kier molecular flexibility index (Phi) is 5.85. The highest BCUT2D eigenvalue weighted by atomic mass is 16.5. The number of fused-ring (bicyclic) bond motifs is 1. The molecule has 174 valence electrons. The number of pyridine rings is 2. The molecule has 0 atom stereocenters. The van der Waals surface area contributed by atoms with E-state index in [-0.39, 0.29) is 0 Å². The van der Waals surface area contributed by atoms with Gasteiger partial charge in [0.05, 0.1) is 44.3 Å². The zero-order valence-corrected chi connectivity index (χ0v) is 19.5. The van der Waals surface area contributed by atoms with Crippen LogP contribution in [0.25, 0.3) is 44.7 Å². The maximum Gasteiger partial charge on any atom is 0.165 e. The molecule has 5 rings (SSSR count). The first-order valence-electron chi connectivity index (χ1n) is 10.9. The largest absolute Gasteiger partial charge is 0.495 e. The lowest BCUT2D eigenvalue weighted by Crippen LogP contribution is -2.03. The molecule has 35 heavy (non-hydrogen) atoms. The molecule has 0 radical (unpaired) electrons. The van der Waals surface area contributed by atoms with E-state index in [0.717, 1.165) is 22.3 Å². The number of hydrogen-bond acceptors (Lipinski definition) is 8. The van der Waals surface area contributed by atoms with Gasteiger partial charge in [0.25, 0.3) is 0 Å². The fourth-order valence-corrected chi connectivity index (χ4v) is 4.11. The summed E-state index contributed by atoms with van der Waals surface area (Å²) in [7, 11) is 4.82. The number of nitrogens with zero attached hydrogens (tertiary/aromatic N) is 4. The predicted octanol–water partition coefficient (Wildman–Crippen LogP) is 5.03. The SMILES string of the molecule is COc1ccc(-c2nc3ncnc(N)c3c(-c3ccccc3)c2-c2ccc(OC)c(OC)c2)nc1. The first-order chi connectivity index (χ1) is 17.1. The number of nitrogen functional groups attached to an aromatic ring is 1. The monoisotopic (exact) mass is 465 g/mol. The highest BCUT2D eigenvalue weighted by molar-refractivity contribution is 6.09. The summed E-state index contributed by atoms with van der Waals surface area (Å²) in [6, 6.07) is 19.4. The van der Waals surface area contributed by atoms with Crippen LogP contribution in [-0.4, -0.2) is 41.3 Å². The van der Waals surface area contributed by atoms with Crippen molar-refractivity contribution < 1.29 is 14.2 Å². The van der Waals surface area contributed by atoms with Gasteiger partial charge in [-0.05, 0) is 35.4 Å². The number of aromatic nitrogens is 4. The molecule has 0 amide bonds. The van der Waals surface area contributed by atoms with Gasteiger partial charge in [-0.25, -0.2) is 15.0 Å². The molecule has 3 heterocycles. The average molecular weight is 466 g/mol. The zero-order chi connectivity index (χ0) is 24.4. The van der Waals surface area contributed by atoms with Crippen molar-refractivity contribution in [2.45, 2.75) is 0 Å². The summed E-state index contributed by atoms with van der Waals surface area (Å²) < 4.78 is 16.4. The minimum Gasteiger partial charge on any atom is -0.495 e. The third-order valence-corrected chi connectivity index (χ3v) is 5.76. The summed E-state index contributed by atoms with van der Waals surface area (Å²) in [5.41, 5.74) is 11.7. The summed E-state index contributed by atoms with van der Waals surface area (Å²) in [5, 5.41) is 0.667. The molecular weight excluding hydrogens is 442 g/mol. The van der Waals surface area contributed by atoms with E-state index in [1.807, 2.05) is 60.7 Å². The lowest BCUT2D eigenvalue weighted by Gasteiger charge is -2.19. The molecule has 2 N–H and O–H groups in total. The molecule has 0 unspecified atom stereocenters. The van der Waals surface area contributed by atoms with Crippen molar-refractivity contribution >= 4 is 16.9 Å². The second kappa shape index (κ2) is 9.26. The summed E-state index contributed by atoms with van der Waals surface area (Å²) >= 11 is 0. The van der Waals surface area contributed by atoms with Gasteiger partial charge in [0.15, 0.2) is 17.1 Å². The van der Waals surface area contributed by atoms with Crippen LogP contribution >= 0.6 is 0 Å². The van der Waals surface area contributed by atoms with Crippen LogP contribution in [0.4, 0.5) is 5.82 Å². The van der Waals surface area contributed by atoms with E-state index < -0.39 is 0 Å². The average Bonchev–Trinajstić information content (AvgIpc) is 2.92. The smallest absolute Gasteiger partial charge is 0.165 e. The molecule has 0 aliphatic rings. The Labute approximate surface area is 202 Å². The Morgan fingerprint density at radius 3 is 2.20 bits per heavy atom. The lowest BCUT2D eigenvalue weighted by atomic mass is 9.89. The second-order valence-corrected chi connectivity index (χ2v) is 7.69. The molecule has 8 nitrogen and oxygen atoms in total. The lowest BCUT2D eigenvalue weighted by molar-refractivity contribution is 0.355. The van der Waals surface area contributed by atoms with E-state index >= 15 is 0 Å². The van der Waals surface area contributed by atoms with Crippen molar-refractivity contribution in [3.63, 3.8) is 0 Å². The van der Waals surface area contributed by atoms with Crippen LogP contribution in [0.3, 0.4) is 0 Å². The van der Waals surface area contributed by atoms with E-state index in [1.165, 1.54) is 6.33 Å². The Bertz CT molecular complexity index is 1510. The fraction of sp³-hybridized carbons (Fsp3) is 0.111. The topological polar surface area (TPSA) is 105 Å². The molecule has 0 bridgehead atoms. The van der Waals surface area contributed by atoms with Crippen LogP contribution in [0.15, 0.2) is 73.2 Å². The summed E-state index contributed by atoms with van der Waals surface area (Å²) in [5.74, 6) is 2.21. The van der Waals surface area contributed by atoms with Crippen molar-refractivity contribution in [1.29, 1.82) is 0 Å². The third kappa shape index (κ3) is 3.95. The fourth-order valence-electron chi connectivity index (χ4n) is 4.11. The number of rotatable bonds is 6. The van der Waals surface area contributed by atoms with Gasteiger partial charge >= 0.3 is 0 Å². The van der Waals surface area contributed by atoms with E-state index in [9.17, 15) is 0 Å². The molecule has 0 aliphatic carbocycles. The summed E-state index contributed by atoms with van der Waals surface area (Å²) in [6.45, 7) is 0. The quantitative estimate of drug-likeness (QED) is 0.372. The van der Waals surface area contributed by atoms with E-state index in [1.54, 1.807) is 27.5 Å². The van der Waals surface area contributed by atoms with Gasteiger partial charge in [0, 0.05) is 11.1 Å². The second-order valence-electron chi connectivity index (χ2n) is 7.69. The minimum atomic E-state index is 0.345. The standard InChI is InChI=1S/C27H23N5O3/c1-33-18-10-11-19(29-14-18)25-23(17-9-12-20(34-2)21(13-17)35-3)22(16-7-5-4-6-8-16)24-26(28)30-15-31-27(24)32-25/h4-15H,1-3H3,(H2,28,30,31,32). The van der Waals surface area contributed by atoms with Gasteiger partial charge in [-0.15, -0.1) is 0 Å². The Morgan fingerprint density at radius 1 is 0.714 bits per heavy atom. The highest BCUT2D eigenvalue weighted by Crippen LogP contribution is 2.45. The molecule has 0 aliphatic heterocycles. The van der Waals surface area contributed by atoms with E-state index in [4.69, 9.17) is 24.9 Å². The maximum absolute atomic E-state index is 6.40. The van der Waals surface area contributed by atoms with Crippen molar-refractivity contribution in [2.75, 3.05) is 27.1 Å². The summed E-state index contributed by atoms with van der Waals surface area (Å²) in [4.78, 5) is 18.3. The van der Waals surface area contributed by atoms with Crippen molar-refractivity contribution in [1.82, 2.24) is 19.9 Å². The van der Waals surface area contributed by atoms with Gasteiger partial charge in [-0.3, -0.25) is 4.98 Å². The maximum atomic E-state index is 6.40. The van der Waals surface area contributed by atoms with Crippen molar-refractivity contribution in [3.8, 4) is 50.9 Å². The van der Waals surface area contributed by atoms with E-state index in [0.29, 0.717) is 45.5 Å². The van der Waals surface area contributed by atoms with Gasteiger partial charge in [0.2, 0.25) is 0 Å². The first-order valence-corrected chi connectivity index (χ1v) is 10.9. The number of ether oxygens (including phenoxy) is 3. The molecule has 0 spiro atoms. The number of benzene rings is 2. The molecule has 8 heteroatoms. The molecule has 3 aromatic heterocycles. The van der Waals surface area contributed by atoms with Crippen LogP contribution in [0.2, 0.25) is 0 Å². The number of methoxy groups -OCH3 is 3. The number of nitrogens with two attached hydrogens (primary N) is 1. The Hall–Kier alpha value is -4.72. The Morgan fingerprint density at radius 2 is 1.51 bits per heavy atom. The highest BCUT2D eigenvalue weighted by Gasteiger charge is 2.23. The molecule has 0 saturated heterocycles. The van der Waals surface area contributed by atoms with Crippen LogP contribution in [0.5, 0.6) is 17.2 Å². The minimum absolute atomic E-state index is 0.345. The van der Waals surface area contributed by atoms with E-state index in [2.05, 4.69) is 15.0 Å². The normalized spacial score (nSPS) is 10.8. The van der Waals surface area contributed by atoms with Crippen LogP contribution in [-0.2, 0) is 0 Å². The Balaban J connectivity index is 1.94. The molecule has 5 aromatic rings. The van der Waals surface area contributed by atoms with Crippen LogP contribution in [0.1, 0.15) is 0 Å². The van der Waals surface area contributed by atoms with Gasteiger partial charge < -0.3 is 19.9 Å². The number of anilines is 1. The van der Waals surface area contributed by atoms with Crippen LogP contribution < -0.4 is 19.9 Å². The molecule has 2 aromatic carbocycles.